The van der Waals surface area contributed by atoms with Crippen molar-refractivity contribution >= 4 is 44.9 Å². The van der Waals surface area contributed by atoms with Crippen molar-refractivity contribution in [3.8, 4) is 0 Å². The number of anilines is 1. The molecule has 0 atom stereocenters. The summed E-state index contributed by atoms with van der Waals surface area (Å²) in [6.45, 7) is 0. The van der Waals surface area contributed by atoms with E-state index in [2.05, 4.69) is 10.3 Å². The molecule has 1 amide bonds. The molecule has 1 N–H and O–H groups in total. The van der Waals surface area contributed by atoms with Crippen LogP contribution in [0.5, 0.6) is 0 Å². The van der Waals surface area contributed by atoms with Crippen molar-refractivity contribution in [3.05, 3.63) is 18.2 Å². The predicted molar refractivity (Wildman–Crippen MR) is 82.0 cm³/mol. The highest BCUT2D eigenvalue weighted by Gasteiger charge is 2.22. The smallest absolute Gasteiger partial charge is 0.227 e. The Hall–Kier alpha value is -1.07. The molecule has 100 valence electrons. The van der Waals surface area contributed by atoms with Crippen LogP contribution in [0.25, 0.3) is 10.2 Å². The lowest BCUT2D eigenvalue weighted by molar-refractivity contribution is -0.119. The molecule has 1 aliphatic carbocycles. The number of rotatable bonds is 3. The first-order valence-corrected chi connectivity index (χ1v) is 8.56. The predicted octanol–water partition coefficient (Wildman–Crippen LogP) is 4.15. The maximum absolute atomic E-state index is 12.1. The van der Waals surface area contributed by atoms with Crippen LogP contribution < -0.4 is 5.32 Å². The van der Waals surface area contributed by atoms with Crippen LogP contribution in [0.1, 0.15) is 25.7 Å². The second kappa shape index (κ2) is 5.51. The van der Waals surface area contributed by atoms with Crippen LogP contribution in [0.4, 0.5) is 5.69 Å². The summed E-state index contributed by atoms with van der Waals surface area (Å²) in [5.74, 6) is 0.380. The van der Waals surface area contributed by atoms with Crippen molar-refractivity contribution in [3.63, 3.8) is 0 Å². The summed E-state index contributed by atoms with van der Waals surface area (Å²) in [6.07, 6.45) is 6.46. The van der Waals surface area contributed by atoms with Crippen molar-refractivity contribution in [2.24, 2.45) is 5.92 Å². The number of benzene rings is 1. The zero-order valence-electron chi connectivity index (χ0n) is 10.8. The minimum Gasteiger partial charge on any atom is -0.326 e. The second-order valence-corrected chi connectivity index (χ2v) is 6.92. The van der Waals surface area contributed by atoms with E-state index in [1.807, 2.05) is 24.5 Å². The monoisotopic (exact) mass is 292 g/mol. The van der Waals surface area contributed by atoms with E-state index in [9.17, 15) is 4.79 Å². The Morgan fingerprint density at radius 3 is 2.95 bits per heavy atom. The summed E-state index contributed by atoms with van der Waals surface area (Å²) in [4.78, 5) is 16.6. The number of nitrogens with zero attached hydrogens (tertiary/aromatic N) is 1. The lowest BCUT2D eigenvalue weighted by Gasteiger charge is -2.10. The number of hydrogen-bond donors (Lipinski definition) is 1. The Morgan fingerprint density at radius 1 is 1.42 bits per heavy atom. The third-order valence-corrected chi connectivity index (χ3v) is 5.54. The van der Waals surface area contributed by atoms with Gasteiger partial charge in [-0.3, -0.25) is 4.79 Å². The van der Waals surface area contributed by atoms with Crippen LogP contribution in [0.15, 0.2) is 22.5 Å². The van der Waals surface area contributed by atoms with Crippen molar-refractivity contribution in [1.29, 1.82) is 0 Å². The van der Waals surface area contributed by atoms with Crippen LogP contribution in [0.3, 0.4) is 0 Å². The molecule has 1 heterocycles. The van der Waals surface area contributed by atoms with Crippen LogP contribution in [0, 0.1) is 5.92 Å². The fourth-order valence-electron chi connectivity index (χ4n) is 2.50. The van der Waals surface area contributed by atoms with Crippen LogP contribution in [0.2, 0.25) is 0 Å². The number of carbonyl (C=O) groups excluding carboxylic acids is 1. The van der Waals surface area contributed by atoms with Gasteiger partial charge in [0.1, 0.15) is 0 Å². The minimum absolute atomic E-state index is 0.173. The van der Waals surface area contributed by atoms with Crippen molar-refractivity contribution in [1.82, 2.24) is 4.98 Å². The average molecular weight is 292 g/mol. The quantitative estimate of drug-likeness (QED) is 0.864. The van der Waals surface area contributed by atoms with Gasteiger partial charge in [0.2, 0.25) is 5.91 Å². The Kier molecular flexibility index (Phi) is 3.75. The molecular weight excluding hydrogens is 276 g/mol. The molecule has 3 nitrogen and oxygen atoms in total. The molecular formula is C14H16N2OS2. The number of aromatic nitrogens is 1. The van der Waals surface area contributed by atoms with Gasteiger partial charge >= 0.3 is 0 Å². The van der Waals surface area contributed by atoms with Gasteiger partial charge < -0.3 is 5.32 Å². The van der Waals surface area contributed by atoms with E-state index in [-0.39, 0.29) is 11.8 Å². The minimum atomic E-state index is 0.173. The highest BCUT2D eigenvalue weighted by molar-refractivity contribution is 8.00. The largest absolute Gasteiger partial charge is 0.326 e. The van der Waals surface area contributed by atoms with Crippen molar-refractivity contribution in [2.75, 3.05) is 11.6 Å². The maximum atomic E-state index is 12.1. The topological polar surface area (TPSA) is 42.0 Å². The van der Waals surface area contributed by atoms with E-state index in [0.717, 1.165) is 33.1 Å². The first kappa shape index (κ1) is 12.9. The van der Waals surface area contributed by atoms with Crippen LogP contribution >= 0.6 is 23.1 Å². The third kappa shape index (κ3) is 2.77. The number of carbonyl (C=O) groups is 1. The van der Waals surface area contributed by atoms with Crippen molar-refractivity contribution in [2.45, 2.75) is 30.0 Å². The first-order chi connectivity index (χ1) is 9.26. The van der Waals surface area contributed by atoms with E-state index in [0.29, 0.717) is 0 Å². The van der Waals surface area contributed by atoms with E-state index >= 15 is 0 Å². The Morgan fingerprint density at radius 2 is 2.21 bits per heavy atom. The fraction of sp³-hybridized carbons (Fsp3) is 0.429. The summed E-state index contributed by atoms with van der Waals surface area (Å²) in [5.41, 5.74) is 1.90. The maximum Gasteiger partial charge on any atom is 0.227 e. The Balaban J connectivity index is 1.78. The van der Waals surface area contributed by atoms with E-state index in [1.165, 1.54) is 12.8 Å². The molecule has 1 aromatic carbocycles. The lowest BCUT2D eigenvalue weighted by Crippen LogP contribution is -2.20. The van der Waals surface area contributed by atoms with Gasteiger partial charge in [0.05, 0.1) is 10.2 Å². The molecule has 0 unspecified atom stereocenters. The van der Waals surface area contributed by atoms with Gasteiger partial charge in [0, 0.05) is 11.6 Å². The van der Waals surface area contributed by atoms with E-state index in [1.54, 1.807) is 23.1 Å². The number of thiazole rings is 1. The SMILES string of the molecule is CSc1nc2ccc(NC(=O)C3CCCC3)cc2s1. The molecule has 0 radical (unpaired) electrons. The zero-order chi connectivity index (χ0) is 13.2. The number of amides is 1. The molecule has 3 rings (SSSR count). The summed E-state index contributed by atoms with van der Waals surface area (Å²) >= 11 is 3.33. The van der Waals surface area contributed by atoms with Crippen molar-refractivity contribution < 1.29 is 4.79 Å². The number of nitrogens with one attached hydrogen (secondary N) is 1. The number of fused-ring (bicyclic) bond motifs is 1. The molecule has 1 aliphatic rings. The molecule has 1 fully saturated rings. The van der Waals surface area contributed by atoms with Crippen LogP contribution in [-0.2, 0) is 4.79 Å². The molecule has 0 bridgehead atoms. The Bertz CT molecular complexity index is 603. The molecule has 19 heavy (non-hydrogen) atoms. The van der Waals surface area contributed by atoms with Gasteiger partial charge in [-0.25, -0.2) is 4.98 Å². The first-order valence-electron chi connectivity index (χ1n) is 6.52. The Labute approximate surface area is 120 Å². The summed E-state index contributed by atoms with van der Waals surface area (Å²) in [5, 5.41) is 3.04. The zero-order valence-corrected chi connectivity index (χ0v) is 12.4. The molecule has 5 heteroatoms. The molecule has 1 aromatic heterocycles. The molecule has 0 spiro atoms. The highest BCUT2D eigenvalue weighted by Crippen LogP contribution is 2.31. The molecule has 2 aromatic rings. The fourth-order valence-corrected chi connectivity index (χ4v) is 4.03. The number of thioether (sulfide) groups is 1. The molecule has 0 saturated heterocycles. The summed E-state index contributed by atoms with van der Waals surface area (Å²) in [7, 11) is 0. The van der Waals surface area contributed by atoms with Gasteiger partial charge in [0.25, 0.3) is 0 Å². The van der Waals surface area contributed by atoms with Gasteiger partial charge in [-0.05, 0) is 37.3 Å². The van der Waals surface area contributed by atoms with Gasteiger partial charge in [0.15, 0.2) is 4.34 Å². The van der Waals surface area contributed by atoms with Crippen LogP contribution in [-0.4, -0.2) is 17.1 Å². The lowest BCUT2D eigenvalue weighted by atomic mass is 10.1. The third-order valence-electron chi connectivity index (χ3n) is 3.54. The van der Waals surface area contributed by atoms with Gasteiger partial charge in [-0.1, -0.05) is 24.6 Å². The van der Waals surface area contributed by atoms with Gasteiger partial charge in [-0.15, -0.1) is 11.3 Å². The average Bonchev–Trinajstić information content (AvgIpc) is 3.07. The molecule has 0 aliphatic heterocycles. The molecule has 1 saturated carbocycles. The van der Waals surface area contributed by atoms with E-state index < -0.39 is 0 Å². The van der Waals surface area contributed by atoms with Gasteiger partial charge in [-0.2, -0.15) is 0 Å². The van der Waals surface area contributed by atoms with E-state index in [4.69, 9.17) is 0 Å². The summed E-state index contributed by atoms with van der Waals surface area (Å²) in [6, 6.07) is 5.95. The highest BCUT2D eigenvalue weighted by atomic mass is 32.2. The number of hydrogen-bond acceptors (Lipinski definition) is 4. The summed E-state index contributed by atoms with van der Waals surface area (Å²) < 4.78 is 2.20. The normalized spacial score (nSPS) is 16.1. The standard InChI is InChI=1S/C14H16N2OS2/c1-18-14-16-11-7-6-10(8-12(11)19-14)15-13(17)9-4-2-3-5-9/h6-9H,2-5H2,1H3,(H,15,17). The second-order valence-electron chi connectivity index (χ2n) is 4.84.